The minimum absolute atomic E-state index is 0.0347. The van der Waals surface area contributed by atoms with E-state index < -0.39 is 0 Å². The molecule has 1 fully saturated rings. The van der Waals surface area contributed by atoms with Crippen LogP contribution in [0.5, 0.6) is 0 Å². The van der Waals surface area contributed by atoms with Gasteiger partial charge in [-0.1, -0.05) is 25.5 Å². The molecule has 3 rings (SSSR count). The van der Waals surface area contributed by atoms with Gasteiger partial charge in [0.2, 0.25) is 5.95 Å². The third-order valence-corrected chi connectivity index (χ3v) is 4.76. The van der Waals surface area contributed by atoms with Gasteiger partial charge in [0.15, 0.2) is 0 Å². The SMILES string of the molecule is CCCCc1c(C)nc(N2CCN(c3ccccc3F)CC2)[nH]c1=O. The maximum Gasteiger partial charge on any atom is 0.255 e. The molecule has 1 N–H and O–H groups in total. The molecule has 0 saturated carbocycles. The standard InChI is InChI=1S/C19H25FN4O/c1-3-4-7-15-14(2)21-19(22-18(15)25)24-12-10-23(11-13-24)17-9-6-5-8-16(17)20/h5-6,8-9H,3-4,7,10-13H2,1-2H3,(H,21,22,25). The highest BCUT2D eigenvalue weighted by Crippen LogP contribution is 2.21. The number of nitrogens with zero attached hydrogens (tertiary/aromatic N) is 3. The number of rotatable bonds is 5. The third-order valence-electron chi connectivity index (χ3n) is 4.76. The molecule has 1 aromatic carbocycles. The summed E-state index contributed by atoms with van der Waals surface area (Å²) in [5.74, 6) is 0.425. The third kappa shape index (κ3) is 3.83. The fourth-order valence-electron chi connectivity index (χ4n) is 3.26. The highest BCUT2D eigenvalue weighted by molar-refractivity contribution is 5.49. The number of halogens is 1. The Balaban J connectivity index is 1.71. The fraction of sp³-hybridized carbons (Fsp3) is 0.474. The lowest BCUT2D eigenvalue weighted by atomic mass is 10.1. The quantitative estimate of drug-likeness (QED) is 0.906. The Morgan fingerprint density at radius 3 is 2.48 bits per heavy atom. The Kier molecular flexibility index (Phi) is 5.36. The summed E-state index contributed by atoms with van der Waals surface area (Å²) < 4.78 is 13.9. The number of aromatic nitrogens is 2. The summed E-state index contributed by atoms with van der Waals surface area (Å²) in [7, 11) is 0. The molecule has 0 bridgehead atoms. The monoisotopic (exact) mass is 344 g/mol. The van der Waals surface area contributed by atoms with E-state index in [2.05, 4.69) is 21.8 Å². The van der Waals surface area contributed by atoms with Crippen molar-refractivity contribution < 1.29 is 4.39 Å². The van der Waals surface area contributed by atoms with Crippen LogP contribution in [-0.4, -0.2) is 36.1 Å². The average molecular weight is 344 g/mol. The number of piperazine rings is 1. The topological polar surface area (TPSA) is 52.2 Å². The first-order valence-corrected chi connectivity index (χ1v) is 8.94. The van der Waals surface area contributed by atoms with Crippen LogP contribution in [0.2, 0.25) is 0 Å². The summed E-state index contributed by atoms with van der Waals surface area (Å²) in [6, 6.07) is 6.84. The summed E-state index contributed by atoms with van der Waals surface area (Å²) in [5.41, 5.74) is 2.20. The number of nitrogens with one attached hydrogen (secondary N) is 1. The zero-order valence-corrected chi connectivity index (χ0v) is 14.9. The molecule has 25 heavy (non-hydrogen) atoms. The van der Waals surface area contributed by atoms with E-state index in [0.29, 0.717) is 37.8 Å². The second kappa shape index (κ2) is 7.68. The van der Waals surface area contributed by atoms with E-state index in [1.54, 1.807) is 12.1 Å². The van der Waals surface area contributed by atoms with Crippen LogP contribution in [0.25, 0.3) is 0 Å². The van der Waals surface area contributed by atoms with Crippen molar-refractivity contribution in [2.75, 3.05) is 36.0 Å². The van der Waals surface area contributed by atoms with Crippen LogP contribution in [0.1, 0.15) is 31.0 Å². The summed E-state index contributed by atoms with van der Waals surface area (Å²) in [6.07, 6.45) is 2.82. The summed E-state index contributed by atoms with van der Waals surface area (Å²) in [6.45, 7) is 6.80. The van der Waals surface area contributed by atoms with Gasteiger partial charge in [-0.15, -0.1) is 0 Å². The summed E-state index contributed by atoms with van der Waals surface area (Å²) in [4.78, 5) is 24.0. The Hall–Kier alpha value is -2.37. The highest BCUT2D eigenvalue weighted by atomic mass is 19.1. The Labute approximate surface area is 147 Å². The molecule has 1 saturated heterocycles. The number of H-pyrrole nitrogens is 1. The van der Waals surface area contributed by atoms with E-state index in [1.807, 2.05) is 17.9 Å². The van der Waals surface area contributed by atoms with Gasteiger partial charge in [0.05, 0.1) is 5.69 Å². The molecule has 1 aromatic heterocycles. The molecule has 1 aliphatic heterocycles. The first-order valence-electron chi connectivity index (χ1n) is 8.94. The van der Waals surface area contributed by atoms with Crippen LogP contribution in [0.4, 0.5) is 16.0 Å². The maximum absolute atomic E-state index is 13.9. The molecule has 6 heteroatoms. The Morgan fingerprint density at radius 2 is 1.84 bits per heavy atom. The highest BCUT2D eigenvalue weighted by Gasteiger charge is 2.21. The lowest BCUT2D eigenvalue weighted by molar-refractivity contribution is 0.593. The molecule has 5 nitrogen and oxygen atoms in total. The summed E-state index contributed by atoms with van der Waals surface area (Å²) in [5, 5.41) is 0. The lowest BCUT2D eigenvalue weighted by Gasteiger charge is -2.36. The minimum atomic E-state index is -0.196. The van der Waals surface area contributed by atoms with Crippen molar-refractivity contribution in [3.8, 4) is 0 Å². The number of anilines is 2. The van der Waals surface area contributed by atoms with Crippen LogP contribution in [-0.2, 0) is 6.42 Å². The molecular weight excluding hydrogens is 319 g/mol. The van der Waals surface area contributed by atoms with Gasteiger partial charge < -0.3 is 9.80 Å². The van der Waals surface area contributed by atoms with Crippen molar-refractivity contribution >= 4 is 11.6 Å². The van der Waals surface area contributed by atoms with Crippen molar-refractivity contribution in [1.29, 1.82) is 0 Å². The lowest BCUT2D eigenvalue weighted by Crippen LogP contribution is -2.48. The molecule has 2 aromatic rings. The van der Waals surface area contributed by atoms with Crippen molar-refractivity contribution in [2.45, 2.75) is 33.1 Å². The van der Waals surface area contributed by atoms with Gasteiger partial charge in [0.1, 0.15) is 5.82 Å². The molecule has 134 valence electrons. The van der Waals surface area contributed by atoms with Crippen LogP contribution in [0.3, 0.4) is 0 Å². The van der Waals surface area contributed by atoms with E-state index in [0.717, 1.165) is 30.5 Å². The van der Waals surface area contributed by atoms with E-state index in [9.17, 15) is 9.18 Å². The number of aromatic amines is 1. The van der Waals surface area contributed by atoms with Gasteiger partial charge in [0.25, 0.3) is 5.56 Å². The van der Waals surface area contributed by atoms with Gasteiger partial charge in [0, 0.05) is 37.4 Å². The van der Waals surface area contributed by atoms with E-state index in [4.69, 9.17) is 0 Å². The number of hydrogen-bond acceptors (Lipinski definition) is 4. The second-order valence-corrected chi connectivity index (χ2v) is 6.48. The molecule has 0 amide bonds. The molecule has 0 radical (unpaired) electrons. The zero-order chi connectivity index (χ0) is 17.8. The summed E-state index contributed by atoms with van der Waals surface area (Å²) >= 11 is 0. The van der Waals surface area contributed by atoms with Gasteiger partial charge >= 0.3 is 0 Å². The largest absolute Gasteiger partial charge is 0.366 e. The number of hydrogen-bond donors (Lipinski definition) is 1. The van der Waals surface area contributed by atoms with Crippen LogP contribution >= 0.6 is 0 Å². The first-order chi connectivity index (χ1) is 12.1. The predicted molar refractivity (Wildman–Crippen MR) is 99.0 cm³/mol. The number of para-hydroxylation sites is 1. The van der Waals surface area contributed by atoms with Crippen LogP contribution < -0.4 is 15.4 Å². The molecule has 2 heterocycles. The molecule has 1 aliphatic rings. The fourth-order valence-corrected chi connectivity index (χ4v) is 3.26. The van der Waals surface area contributed by atoms with E-state index in [-0.39, 0.29) is 11.4 Å². The van der Waals surface area contributed by atoms with Gasteiger partial charge in [-0.3, -0.25) is 9.78 Å². The smallest absolute Gasteiger partial charge is 0.255 e. The Bertz CT molecular complexity index is 781. The van der Waals surface area contributed by atoms with Crippen molar-refractivity contribution in [3.05, 3.63) is 51.7 Å². The average Bonchev–Trinajstić information content (AvgIpc) is 2.61. The predicted octanol–water partition coefficient (Wildman–Crippen LogP) is 2.89. The minimum Gasteiger partial charge on any atom is -0.366 e. The Morgan fingerprint density at radius 1 is 1.16 bits per heavy atom. The first kappa shape index (κ1) is 17.5. The molecule has 0 unspecified atom stereocenters. The molecular formula is C19H25FN4O. The van der Waals surface area contributed by atoms with E-state index in [1.165, 1.54) is 6.07 Å². The van der Waals surface area contributed by atoms with Crippen molar-refractivity contribution in [2.24, 2.45) is 0 Å². The number of benzene rings is 1. The number of aryl methyl sites for hydroxylation is 1. The molecule has 0 spiro atoms. The van der Waals surface area contributed by atoms with E-state index >= 15 is 0 Å². The van der Waals surface area contributed by atoms with Gasteiger partial charge in [-0.05, 0) is 31.9 Å². The van der Waals surface area contributed by atoms with Crippen molar-refractivity contribution in [3.63, 3.8) is 0 Å². The molecule has 0 atom stereocenters. The van der Waals surface area contributed by atoms with Crippen LogP contribution in [0.15, 0.2) is 29.1 Å². The maximum atomic E-state index is 13.9. The number of unbranched alkanes of at least 4 members (excludes halogenated alkanes) is 1. The molecule has 0 aliphatic carbocycles. The van der Waals surface area contributed by atoms with Gasteiger partial charge in [-0.2, -0.15) is 0 Å². The zero-order valence-electron chi connectivity index (χ0n) is 14.9. The van der Waals surface area contributed by atoms with Crippen LogP contribution in [0, 0.1) is 12.7 Å². The second-order valence-electron chi connectivity index (χ2n) is 6.48. The normalized spacial score (nSPS) is 14.8. The van der Waals surface area contributed by atoms with Gasteiger partial charge in [-0.25, -0.2) is 9.37 Å². The van der Waals surface area contributed by atoms with Crippen molar-refractivity contribution in [1.82, 2.24) is 9.97 Å².